The molecule has 0 amide bonds. The van der Waals surface area contributed by atoms with E-state index in [2.05, 4.69) is 86.2 Å². The molecule has 0 aliphatic carbocycles. The van der Waals surface area contributed by atoms with Crippen LogP contribution in [0.25, 0.3) is 6.08 Å². The molecule has 1 heterocycles. The Bertz CT molecular complexity index is 816. The van der Waals surface area contributed by atoms with Gasteiger partial charge >= 0.3 is 0 Å². The Morgan fingerprint density at radius 3 is 2.36 bits per heavy atom. The van der Waals surface area contributed by atoms with Crippen LogP contribution >= 0.6 is 0 Å². The van der Waals surface area contributed by atoms with E-state index in [0.717, 1.165) is 5.69 Å². The Labute approximate surface area is 150 Å². The van der Waals surface area contributed by atoms with E-state index in [4.69, 9.17) is 5.11 Å². The number of aliphatic hydroxyl groups excluding tert-OH is 1. The Hall–Kier alpha value is -2.39. The predicted molar refractivity (Wildman–Crippen MR) is 106 cm³/mol. The van der Waals surface area contributed by atoms with Gasteiger partial charge in [-0.05, 0) is 37.6 Å². The third kappa shape index (κ3) is 3.24. The van der Waals surface area contributed by atoms with Crippen molar-refractivity contribution in [3.63, 3.8) is 0 Å². The third-order valence-electron chi connectivity index (χ3n) is 5.14. The van der Waals surface area contributed by atoms with E-state index in [1.807, 2.05) is 11.9 Å². The van der Waals surface area contributed by atoms with Gasteiger partial charge in [0, 0.05) is 37.0 Å². The average molecular weight is 335 g/mol. The molecule has 3 rings (SSSR count). The summed E-state index contributed by atoms with van der Waals surface area (Å²) in [5.74, 6) is 0. The van der Waals surface area contributed by atoms with Crippen LogP contribution in [0.1, 0.15) is 25.0 Å². The van der Waals surface area contributed by atoms with Crippen LogP contribution in [0.2, 0.25) is 0 Å². The lowest BCUT2D eigenvalue weighted by molar-refractivity contribution is -0.401. The van der Waals surface area contributed by atoms with Crippen LogP contribution < -0.4 is 4.90 Å². The largest absolute Gasteiger partial charge is 0.395 e. The molecule has 1 aliphatic heterocycles. The third-order valence-corrected chi connectivity index (χ3v) is 5.14. The van der Waals surface area contributed by atoms with E-state index >= 15 is 0 Å². The molecule has 0 bridgehead atoms. The van der Waals surface area contributed by atoms with Crippen molar-refractivity contribution in [2.75, 3.05) is 32.1 Å². The highest BCUT2D eigenvalue weighted by atomic mass is 16.3. The number of allylic oxidation sites excluding steroid dienone is 1. The Morgan fingerprint density at radius 1 is 1.04 bits per heavy atom. The minimum atomic E-state index is 0.00310. The highest BCUT2D eigenvalue weighted by Crippen LogP contribution is 2.39. The normalized spacial score (nSPS) is 15.7. The lowest BCUT2D eigenvalue weighted by Gasteiger charge is -2.17. The molecule has 0 saturated heterocycles. The van der Waals surface area contributed by atoms with E-state index in [9.17, 15) is 0 Å². The number of fused-ring (bicyclic) bond motifs is 1. The van der Waals surface area contributed by atoms with Gasteiger partial charge in [-0.15, -0.1) is 0 Å². The molecule has 3 nitrogen and oxygen atoms in total. The highest BCUT2D eigenvalue weighted by molar-refractivity contribution is 6.05. The summed E-state index contributed by atoms with van der Waals surface area (Å²) in [6.45, 7) is 5.37. The maximum absolute atomic E-state index is 9.05. The molecule has 0 radical (unpaired) electrons. The first-order chi connectivity index (χ1) is 11.9. The highest BCUT2D eigenvalue weighted by Gasteiger charge is 2.42. The monoisotopic (exact) mass is 335 g/mol. The molecule has 1 aliphatic rings. The summed E-state index contributed by atoms with van der Waals surface area (Å²) in [4.78, 5) is 2.05. The molecular weight excluding hydrogens is 308 g/mol. The Kier molecular flexibility index (Phi) is 4.78. The quantitative estimate of drug-likeness (QED) is 0.841. The molecular formula is C22H27N2O+. The zero-order valence-corrected chi connectivity index (χ0v) is 15.5. The van der Waals surface area contributed by atoms with Crippen LogP contribution in [-0.2, 0) is 5.41 Å². The minimum Gasteiger partial charge on any atom is -0.395 e. The Balaban J connectivity index is 1.84. The van der Waals surface area contributed by atoms with Gasteiger partial charge in [-0.25, -0.2) is 0 Å². The van der Waals surface area contributed by atoms with E-state index < -0.39 is 0 Å². The second kappa shape index (κ2) is 6.85. The maximum Gasteiger partial charge on any atom is 0.209 e. The van der Waals surface area contributed by atoms with Crippen molar-refractivity contribution in [2.24, 2.45) is 0 Å². The second-order valence-corrected chi connectivity index (χ2v) is 7.16. The van der Waals surface area contributed by atoms with Gasteiger partial charge in [0.05, 0.1) is 12.0 Å². The number of rotatable bonds is 5. The molecule has 2 aromatic rings. The average Bonchev–Trinajstić information content (AvgIpc) is 2.81. The summed E-state index contributed by atoms with van der Waals surface area (Å²) in [5, 5.41) is 9.05. The first kappa shape index (κ1) is 17.4. The van der Waals surface area contributed by atoms with Gasteiger partial charge in [-0.1, -0.05) is 30.3 Å². The van der Waals surface area contributed by atoms with Crippen LogP contribution in [0.5, 0.6) is 0 Å². The summed E-state index contributed by atoms with van der Waals surface area (Å²) in [6.07, 6.45) is 4.40. The number of nitrogens with zero attached hydrogens (tertiary/aromatic N) is 2. The lowest BCUT2D eigenvalue weighted by atomic mass is 9.81. The molecule has 0 aromatic heterocycles. The molecule has 130 valence electrons. The first-order valence-electron chi connectivity index (χ1n) is 8.76. The van der Waals surface area contributed by atoms with Crippen LogP contribution in [-0.4, -0.2) is 42.6 Å². The summed E-state index contributed by atoms with van der Waals surface area (Å²) in [6, 6.07) is 17.0. The molecule has 2 aromatic carbocycles. The predicted octanol–water partition coefficient (Wildman–Crippen LogP) is 3.83. The molecule has 0 fully saturated rings. The zero-order chi connectivity index (χ0) is 18.0. The molecule has 0 saturated carbocycles. The van der Waals surface area contributed by atoms with Crippen molar-refractivity contribution in [3.8, 4) is 0 Å². The van der Waals surface area contributed by atoms with Gasteiger partial charge < -0.3 is 10.0 Å². The van der Waals surface area contributed by atoms with Crippen molar-refractivity contribution in [1.82, 2.24) is 0 Å². The summed E-state index contributed by atoms with van der Waals surface area (Å²) >= 11 is 0. The van der Waals surface area contributed by atoms with E-state index in [0.29, 0.717) is 6.54 Å². The van der Waals surface area contributed by atoms with Crippen LogP contribution in [0.15, 0.2) is 54.6 Å². The van der Waals surface area contributed by atoms with E-state index in [-0.39, 0.29) is 12.0 Å². The fraction of sp³-hybridized carbons (Fsp3) is 0.318. The molecule has 0 spiro atoms. The fourth-order valence-corrected chi connectivity index (χ4v) is 3.60. The summed E-state index contributed by atoms with van der Waals surface area (Å²) < 4.78 is 2.29. The fourth-order valence-electron chi connectivity index (χ4n) is 3.60. The number of aliphatic hydroxyl groups is 1. The molecule has 0 unspecified atom stereocenters. The van der Waals surface area contributed by atoms with Crippen molar-refractivity contribution in [2.45, 2.75) is 19.3 Å². The van der Waals surface area contributed by atoms with Crippen LogP contribution in [0.4, 0.5) is 11.4 Å². The van der Waals surface area contributed by atoms with Crippen molar-refractivity contribution in [3.05, 3.63) is 65.7 Å². The second-order valence-electron chi connectivity index (χ2n) is 7.16. The van der Waals surface area contributed by atoms with Crippen molar-refractivity contribution in [1.29, 1.82) is 0 Å². The van der Waals surface area contributed by atoms with Crippen molar-refractivity contribution < 1.29 is 9.68 Å². The van der Waals surface area contributed by atoms with Gasteiger partial charge in [0.25, 0.3) is 0 Å². The minimum absolute atomic E-state index is 0.00310. The number of hydrogen-bond donors (Lipinski definition) is 1. The molecule has 1 N–H and O–H groups in total. The molecule has 25 heavy (non-hydrogen) atoms. The molecule has 0 atom stereocenters. The summed E-state index contributed by atoms with van der Waals surface area (Å²) in [7, 11) is 4.13. The number of benzene rings is 2. The Morgan fingerprint density at radius 2 is 1.72 bits per heavy atom. The first-order valence-corrected chi connectivity index (χ1v) is 8.76. The van der Waals surface area contributed by atoms with Gasteiger partial charge in [0.1, 0.15) is 7.05 Å². The van der Waals surface area contributed by atoms with Crippen molar-refractivity contribution >= 4 is 23.2 Å². The maximum atomic E-state index is 9.05. The van der Waals surface area contributed by atoms with Gasteiger partial charge in [-0.3, -0.25) is 0 Å². The standard InChI is InChI=1S/C22H27N2O/c1-22(2)19-7-5-6-8-20(19)24(4)21(22)14-11-17-9-12-18(13-10-17)23(3)15-16-25/h5-14,25H,15-16H2,1-4H3/q+1. The number of anilines is 1. The topological polar surface area (TPSA) is 26.5 Å². The lowest BCUT2D eigenvalue weighted by Crippen LogP contribution is -2.26. The number of likely N-dealkylation sites (N-methyl/N-ethyl adjacent to an activating group) is 1. The zero-order valence-electron chi connectivity index (χ0n) is 15.5. The van der Waals surface area contributed by atoms with Crippen LogP contribution in [0, 0.1) is 0 Å². The summed E-state index contributed by atoms with van der Waals surface area (Å²) in [5.41, 5.74) is 6.25. The SMILES string of the molecule is CN(CCO)c1ccc(C=CC2=[N+](C)c3ccccc3C2(C)C)cc1. The number of hydrogen-bond acceptors (Lipinski definition) is 2. The number of para-hydroxylation sites is 1. The van der Waals surface area contributed by atoms with Crippen LogP contribution in [0.3, 0.4) is 0 Å². The van der Waals surface area contributed by atoms with Gasteiger partial charge in [0.15, 0.2) is 5.71 Å². The van der Waals surface area contributed by atoms with Gasteiger partial charge in [0.2, 0.25) is 5.69 Å². The molecule has 3 heteroatoms. The van der Waals surface area contributed by atoms with Gasteiger partial charge in [-0.2, -0.15) is 4.58 Å². The van der Waals surface area contributed by atoms with E-state index in [1.165, 1.54) is 22.5 Å². The van der Waals surface area contributed by atoms with E-state index in [1.54, 1.807) is 0 Å². The smallest absolute Gasteiger partial charge is 0.209 e.